The molecule has 0 aliphatic carbocycles. The van der Waals surface area contributed by atoms with E-state index in [1.807, 2.05) is 13.0 Å². The Morgan fingerprint density at radius 2 is 2.00 bits per heavy atom. The molecule has 0 unspecified atom stereocenters. The Balaban J connectivity index is 2.33. The summed E-state index contributed by atoms with van der Waals surface area (Å²) in [7, 11) is 0. The first kappa shape index (κ1) is 12.4. The first-order valence-corrected chi connectivity index (χ1v) is 6.22. The monoisotopic (exact) mass is 286 g/mol. The largest absolute Gasteiger partial charge is 0.382 e. The van der Waals surface area contributed by atoms with Crippen molar-refractivity contribution >= 4 is 40.8 Å². The van der Waals surface area contributed by atoms with E-state index >= 15 is 0 Å². The van der Waals surface area contributed by atoms with Crippen molar-refractivity contribution in [1.29, 1.82) is 0 Å². The molecule has 2 N–H and O–H groups in total. The number of aryl methyl sites for hydroxylation is 1. The van der Waals surface area contributed by atoms with Crippen LogP contribution in [0.25, 0.3) is 0 Å². The van der Waals surface area contributed by atoms with Crippen molar-refractivity contribution in [3.05, 3.63) is 34.1 Å². The highest BCUT2D eigenvalue weighted by Crippen LogP contribution is 2.33. The van der Waals surface area contributed by atoms with Gasteiger partial charge in [0.15, 0.2) is 5.16 Å². The van der Waals surface area contributed by atoms with Crippen molar-refractivity contribution in [1.82, 2.24) is 15.0 Å². The first-order valence-electron chi connectivity index (χ1n) is 4.65. The average molecular weight is 287 g/mol. The van der Waals surface area contributed by atoms with Gasteiger partial charge in [-0.1, -0.05) is 23.2 Å². The number of hydrogen-bond acceptors (Lipinski definition) is 5. The Labute approximate surface area is 113 Å². The number of anilines is 1. The molecule has 0 aliphatic rings. The summed E-state index contributed by atoms with van der Waals surface area (Å²) < 4.78 is 0. The van der Waals surface area contributed by atoms with Gasteiger partial charge in [-0.3, -0.25) is 0 Å². The summed E-state index contributed by atoms with van der Waals surface area (Å²) >= 11 is 13.1. The van der Waals surface area contributed by atoms with E-state index in [9.17, 15) is 0 Å². The summed E-state index contributed by atoms with van der Waals surface area (Å²) in [6, 6.07) is 3.37. The highest BCUT2D eigenvalue weighted by atomic mass is 35.5. The third-order valence-corrected chi connectivity index (χ3v) is 3.47. The highest BCUT2D eigenvalue weighted by molar-refractivity contribution is 7.99. The lowest BCUT2D eigenvalue weighted by molar-refractivity contribution is 0.928. The molecule has 0 saturated carbocycles. The minimum atomic E-state index is 0.242. The summed E-state index contributed by atoms with van der Waals surface area (Å²) in [4.78, 5) is 12.4. The maximum absolute atomic E-state index is 6.01. The summed E-state index contributed by atoms with van der Waals surface area (Å²) in [6.07, 6.45) is 1.68. The van der Waals surface area contributed by atoms with Gasteiger partial charge in [-0.25, -0.2) is 15.0 Å². The molecular formula is C10H8Cl2N4S. The van der Waals surface area contributed by atoms with Gasteiger partial charge in [0.05, 0.1) is 10.0 Å². The van der Waals surface area contributed by atoms with Crippen LogP contribution in [-0.2, 0) is 0 Å². The van der Waals surface area contributed by atoms with Gasteiger partial charge < -0.3 is 5.73 Å². The predicted octanol–water partition coefficient (Wildman–Crippen LogP) is 3.22. The van der Waals surface area contributed by atoms with Crippen molar-refractivity contribution in [3.8, 4) is 0 Å². The van der Waals surface area contributed by atoms with Crippen LogP contribution in [0.3, 0.4) is 0 Å². The van der Waals surface area contributed by atoms with E-state index in [1.165, 1.54) is 11.8 Å². The van der Waals surface area contributed by atoms with E-state index in [1.54, 1.807) is 12.3 Å². The van der Waals surface area contributed by atoms with Gasteiger partial charge in [0, 0.05) is 11.9 Å². The number of rotatable bonds is 2. The minimum Gasteiger partial charge on any atom is -0.382 e. The molecule has 0 bridgehead atoms. The van der Waals surface area contributed by atoms with Crippen LogP contribution in [0.4, 0.5) is 5.82 Å². The van der Waals surface area contributed by atoms with E-state index in [0.29, 0.717) is 20.2 Å². The number of hydrogen-bond donors (Lipinski definition) is 1. The molecule has 4 nitrogen and oxygen atoms in total. The van der Waals surface area contributed by atoms with E-state index < -0.39 is 0 Å². The zero-order valence-corrected chi connectivity index (χ0v) is 11.1. The van der Waals surface area contributed by atoms with Gasteiger partial charge in [-0.15, -0.1) is 0 Å². The minimum absolute atomic E-state index is 0.242. The topological polar surface area (TPSA) is 64.7 Å². The fourth-order valence-electron chi connectivity index (χ4n) is 1.10. The predicted molar refractivity (Wildman–Crippen MR) is 69.6 cm³/mol. The van der Waals surface area contributed by atoms with Crippen molar-refractivity contribution in [2.75, 3.05) is 5.73 Å². The van der Waals surface area contributed by atoms with Crippen molar-refractivity contribution < 1.29 is 0 Å². The van der Waals surface area contributed by atoms with E-state index in [0.717, 1.165) is 5.69 Å². The summed E-state index contributed by atoms with van der Waals surface area (Å²) in [6.45, 7) is 1.89. The molecule has 2 rings (SSSR count). The molecular weight excluding hydrogens is 279 g/mol. The second-order valence-corrected chi connectivity index (χ2v) is 5.00. The first-order chi connectivity index (χ1) is 8.06. The molecule has 0 saturated heterocycles. The molecule has 0 amide bonds. The normalized spacial score (nSPS) is 10.5. The molecule has 0 fully saturated rings. The highest BCUT2D eigenvalue weighted by Gasteiger charge is 2.10. The van der Waals surface area contributed by atoms with Gasteiger partial charge in [0.25, 0.3) is 0 Å². The summed E-state index contributed by atoms with van der Waals surface area (Å²) in [5.74, 6) is 0.242. The smallest absolute Gasteiger partial charge is 0.194 e. The summed E-state index contributed by atoms with van der Waals surface area (Å²) in [5.41, 5.74) is 6.49. The molecule has 0 atom stereocenters. The maximum atomic E-state index is 6.01. The van der Waals surface area contributed by atoms with Crippen molar-refractivity contribution in [2.45, 2.75) is 17.1 Å². The van der Waals surface area contributed by atoms with Crippen LogP contribution >= 0.6 is 35.0 Å². The zero-order chi connectivity index (χ0) is 12.4. The fourth-order valence-corrected chi connectivity index (χ4v) is 2.35. The Morgan fingerprint density at radius 3 is 2.71 bits per heavy atom. The Kier molecular flexibility index (Phi) is 3.71. The molecule has 2 aromatic rings. The van der Waals surface area contributed by atoms with Crippen molar-refractivity contribution in [2.24, 2.45) is 0 Å². The molecule has 7 heteroatoms. The number of halogens is 2. The molecule has 0 radical (unpaired) electrons. The van der Waals surface area contributed by atoms with E-state index in [4.69, 9.17) is 28.9 Å². The third kappa shape index (κ3) is 3.00. The van der Waals surface area contributed by atoms with E-state index in [-0.39, 0.29) is 5.82 Å². The standard InChI is InChI=1S/C10H8Cl2N4S/c1-5-2-3-14-10(15-5)17-9-7(12)4-6(11)8(13)16-9/h2-4H,1H3,(H2,13,16). The molecule has 88 valence electrons. The Hall–Kier alpha value is -1.04. The molecule has 0 spiro atoms. The second-order valence-electron chi connectivity index (χ2n) is 3.23. The zero-order valence-electron chi connectivity index (χ0n) is 8.82. The average Bonchev–Trinajstić information content (AvgIpc) is 2.26. The number of nitrogen functional groups attached to an aromatic ring is 1. The van der Waals surface area contributed by atoms with Gasteiger partial charge in [0.1, 0.15) is 10.8 Å². The van der Waals surface area contributed by atoms with Crippen LogP contribution in [0.2, 0.25) is 10.0 Å². The molecule has 0 aliphatic heterocycles. The quantitative estimate of drug-likeness (QED) is 0.859. The van der Waals surface area contributed by atoms with Crippen LogP contribution in [-0.4, -0.2) is 15.0 Å². The number of pyridine rings is 1. The van der Waals surface area contributed by atoms with Gasteiger partial charge in [-0.2, -0.15) is 0 Å². The van der Waals surface area contributed by atoms with Crippen LogP contribution in [0.1, 0.15) is 5.69 Å². The molecule has 2 heterocycles. The maximum Gasteiger partial charge on any atom is 0.194 e. The van der Waals surface area contributed by atoms with Gasteiger partial charge >= 0.3 is 0 Å². The number of nitrogens with zero attached hydrogens (tertiary/aromatic N) is 3. The Morgan fingerprint density at radius 1 is 1.24 bits per heavy atom. The lowest BCUT2D eigenvalue weighted by atomic mass is 10.5. The number of nitrogens with two attached hydrogens (primary N) is 1. The SMILES string of the molecule is Cc1ccnc(Sc2nc(N)c(Cl)cc2Cl)n1. The van der Waals surface area contributed by atoms with Gasteiger partial charge in [0.2, 0.25) is 0 Å². The van der Waals surface area contributed by atoms with Crippen LogP contribution < -0.4 is 5.73 Å². The lowest BCUT2D eigenvalue weighted by Gasteiger charge is -2.04. The third-order valence-electron chi connectivity index (χ3n) is 1.89. The van der Waals surface area contributed by atoms with Crippen molar-refractivity contribution in [3.63, 3.8) is 0 Å². The number of aromatic nitrogens is 3. The molecule has 2 aromatic heterocycles. The van der Waals surface area contributed by atoms with E-state index in [2.05, 4.69) is 15.0 Å². The molecule has 17 heavy (non-hydrogen) atoms. The van der Waals surface area contributed by atoms with Crippen LogP contribution in [0.5, 0.6) is 0 Å². The Bertz CT molecular complexity index is 562. The fraction of sp³-hybridized carbons (Fsp3) is 0.100. The second kappa shape index (κ2) is 5.08. The summed E-state index contributed by atoms with van der Waals surface area (Å²) in [5, 5.41) is 1.88. The molecule has 0 aromatic carbocycles. The van der Waals surface area contributed by atoms with Crippen LogP contribution in [0.15, 0.2) is 28.5 Å². The lowest BCUT2D eigenvalue weighted by Crippen LogP contribution is -1.95. The van der Waals surface area contributed by atoms with Gasteiger partial charge in [-0.05, 0) is 30.8 Å². The van der Waals surface area contributed by atoms with Crippen LogP contribution in [0, 0.1) is 6.92 Å².